The standard InChI is InChI=1S/C32H40N2O3/c1-7-13-27-19-25(17-18-29(27)26-15-11-10-12-16-26)21-36-30-20-28(14-8-2)34(24(6)31(30)35-9-3)32-22(4)23(5)33-37-32/h10-12,15-20,24H,7-9,13-14,21H2,1-6H3. The molecule has 1 atom stereocenters. The van der Waals surface area contributed by atoms with Crippen LogP contribution in [0.2, 0.25) is 0 Å². The molecule has 0 saturated carbocycles. The molecule has 0 N–H and O–H groups in total. The molecule has 3 aromatic rings. The molecule has 5 nitrogen and oxygen atoms in total. The number of anilines is 1. The molecule has 2 aromatic carbocycles. The molecular formula is C32H40N2O3. The van der Waals surface area contributed by atoms with Crippen LogP contribution < -0.4 is 4.90 Å². The van der Waals surface area contributed by atoms with Crippen LogP contribution in [0.25, 0.3) is 11.1 Å². The van der Waals surface area contributed by atoms with E-state index in [0.29, 0.717) is 13.2 Å². The Morgan fingerprint density at radius 1 is 0.946 bits per heavy atom. The number of nitrogens with zero attached hydrogens (tertiary/aromatic N) is 2. The van der Waals surface area contributed by atoms with Crippen LogP contribution in [0.3, 0.4) is 0 Å². The number of allylic oxidation sites excluding steroid dienone is 2. The summed E-state index contributed by atoms with van der Waals surface area (Å²) in [5, 5.41) is 4.21. The fraction of sp³-hybridized carbons (Fsp3) is 0.406. The zero-order chi connectivity index (χ0) is 26.4. The highest BCUT2D eigenvalue weighted by molar-refractivity contribution is 5.68. The highest BCUT2D eigenvalue weighted by Crippen LogP contribution is 2.37. The van der Waals surface area contributed by atoms with Gasteiger partial charge in [0.2, 0.25) is 5.88 Å². The van der Waals surface area contributed by atoms with Gasteiger partial charge in [-0.3, -0.25) is 0 Å². The molecule has 1 aromatic heterocycles. The summed E-state index contributed by atoms with van der Waals surface area (Å²) in [7, 11) is 0. The maximum atomic E-state index is 6.48. The molecule has 1 unspecified atom stereocenters. The number of rotatable bonds is 11. The Kier molecular flexibility index (Phi) is 8.75. The molecule has 1 aliphatic heterocycles. The van der Waals surface area contributed by atoms with E-state index in [9.17, 15) is 0 Å². The lowest BCUT2D eigenvalue weighted by molar-refractivity contribution is 0.145. The largest absolute Gasteiger partial charge is 0.492 e. The smallest absolute Gasteiger partial charge is 0.235 e. The fourth-order valence-electron chi connectivity index (χ4n) is 4.98. The normalized spacial score (nSPS) is 15.7. The van der Waals surface area contributed by atoms with E-state index in [2.05, 4.69) is 92.4 Å². The summed E-state index contributed by atoms with van der Waals surface area (Å²) in [6.45, 7) is 13.7. The third-order valence-electron chi connectivity index (χ3n) is 6.94. The van der Waals surface area contributed by atoms with Gasteiger partial charge in [-0.1, -0.05) is 80.4 Å². The summed E-state index contributed by atoms with van der Waals surface area (Å²) in [6.07, 6.45) is 6.17. The van der Waals surface area contributed by atoms with Crippen molar-refractivity contribution >= 4 is 5.88 Å². The van der Waals surface area contributed by atoms with Crippen LogP contribution in [0.4, 0.5) is 5.88 Å². The van der Waals surface area contributed by atoms with Gasteiger partial charge in [-0.05, 0) is 62.8 Å². The first-order valence-electron chi connectivity index (χ1n) is 13.6. The third kappa shape index (κ3) is 5.76. The van der Waals surface area contributed by atoms with Gasteiger partial charge in [0, 0.05) is 17.3 Å². The van der Waals surface area contributed by atoms with Crippen molar-refractivity contribution in [3.8, 4) is 11.1 Å². The predicted molar refractivity (Wildman–Crippen MR) is 150 cm³/mol. The Hall–Kier alpha value is -3.47. The number of hydrogen-bond donors (Lipinski definition) is 0. The molecule has 0 amide bonds. The van der Waals surface area contributed by atoms with E-state index in [1.807, 2.05) is 13.8 Å². The van der Waals surface area contributed by atoms with Gasteiger partial charge in [-0.15, -0.1) is 0 Å². The second-order valence-electron chi connectivity index (χ2n) is 9.69. The zero-order valence-electron chi connectivity index (χ0n) is 23.1. The van der Waals surface area contributed by atoms with Crippen molar-refractivity contribution < 1.29 is 14.0 Å². The highest BCUT2D eigenvalue weighted by Gasteiger charge is 2.34. The van der Waals surface area contributed by atoms with Crippen LogP contribution in [0, 0.1) is 13.8 Å². The van der Waals surface area contributed by atoms with Gasteiger partial charge in [-0.2, -0.15) is 0 Å². The zero-order valence-corrected chi connectivity index (χ0v) is 23.1. The van der Waals surface area contributed by atoms with E-state index < -0.39 is 0 Å². The Morgan fingerprint density at radius 3 is 2.35 bits per heavy atom. The van der Waals surface area contributed by atoms with Crippen LogP contribution in [0.1, 0.15) is 69.3 Å². The topological polar surface area (TPSA) is 47.7 Å². The lowest BCUT2D eigenvalue weighted by Crippen LogP contribution is -2.38. The van der Waals surface area contributed by atoms with E-state index in [0.717, 1.165) is 65.6 Å². The number of aromatic nitrogens is 1. The van der Waals surface area contributed by atoms with E-state index in [1.165, 1.54) is 16.7 Å². The van der Waals surface area contributed by atoms with E-state index >= 15 is 0 Å². The van der Waals surface area contributed by atoms with Crippen molar-refractivity contribution in [2.75, 3.05) is 11.5 Å². The first-order valence-corrected chi connectivity index (χ1v) is 13.6. The Labute approximate surface area is 221 Å². The van der Waals surface area contributed by atoms with Crippen LogP contribution in [-0.2, 0) is 22.5 Å². The number of aryl methyl sites for hydroxylation is 2. The summed E-state index contributed by atoms with van der Waals surface area (Å²) in [5.74, 6) is 2.40. The number of hydrogen-bond acceptors (Lipinski definition) is 5. The van der Waals surface area contributed by atoms with Gasteiger partial charge < -0.3 is 18.9 Å². The maximum Gasteiger partial charge on any atom is 0.235 e. The summed E-state index contributed by atoms with van der Waals surface area (Å²) in [6, 6.07) is 17.2. The lowest BCUT2D eigenvalue weighted by atomic mass is 9.95. The second kappa shape index (κ2) is 12.2. The van der Waals surface area contributed by atoms with Crippen molar-refractivity contribution in [3.05, 3.63) is 94.2 Å². The molecule has 0 radical (unpaired) electrons. The first-order chi connectivity index (χ1) is 18.0. The van der Waals surface area contributed by atoms with Crippen molar-refractivity contribution in [1.29, 1.82) is 0 Å². The summed E-state index contributed by atoms with van der Waals surface area (Å²) >= 11 is 0. The molecule has 37 heavy (non-hydrogen) atoms. The fourth-order valence-corrected chi connectivity index (χ4v) is 4.98. The molecule has 4 rings (SSSR count). The molecule has 0 bridgehead atoms. The van der Waals surface area contributed by atoms with Crippen molar-refractivity contribution in [3.63, 3.8) is 0 Å². The first kappa shape index (κ1) is 26.6. The van der Waals surface area contributed by atoms with Crippen molar-refractivity contribution in [1.82, 2.24) is 5.16 Å². The van der Waals surface area contributed by atoms with Crippen LogP contribution in [0.5, 0.6) is 0 Å². The Morgan fingerprint density at radius 2 is 1.70 bits per heavy atom. The average molecular weight is 501 g/mol. The van der Waals surface area contributed by atoms with Crippen molar-refractivity contribution in [2.45, 2.75) is 79.9 Å². The molecular weight excluding hydrogens is 460 g/mol. The minimum atomic E-state index is -0.0661. The Bertz CT molecular complexity index is 1260. The van der Waals surface area contributed by atoms with Gasteiger partial charge in [0.05, 0.1) is 18.3 Å². The second-order valence-corrected chi connectivity index (χ2v) is 9.69. The Balaban J connectivity index is 1.63. The number of benzene rings is 2. The van der Waals surface area contributed by atoms with Crippen LogP contribution in [-0.4, -0.2) is 17.8 Å². The van der Waals surface area contributed by atoms with Gasteiger partial charge >= 0.3 is 0 Å². The van der Waals surface area contributed by atoms with Gasteiger partial charge in [0.1, 0.15) is 6.61 Å². The SMILES string of the molecule is CCCC1=CC(OCc2ccc(-c3ccccc3)c(CCC)c2)=C(OCC)C(C)N1c1onc(C)c1C. The quantitative estimate of drug-likeness (QED) is 0.265. The maximum absolute atomic E-state index is 6.48. The van der Waals surface area contributed by atoms with Crippen LogP contribution >= 0.6 is 0 Å². The minimum Gasteiger partial charge on any atom is -0.492 e. The molecule has 0 spiro atoms. The van der Waals surface area contributed by atoms with Gasteiger partial charge in [0.15, 0.2) is 11.5 Å². The predicted octanol–water partition coefficient (Wildman–Crippen LogP) is 8.27. The molecule has 196 valence electrons. The molecule has 0 saturated heterocycles. The van der Waals surface area contributed by atoms with E-state index in [4.69, 9.17) is 14.0 Å². The number of ether oxygens (including phenoxy) is 2. The minimum absolute atomic E-state index is 0.0661. The average Bonchev–Trinajstić information content (AvgIpc) is 3.23. The summed E-state index contributed by atoms with van der Waals surface area (Å²) < 4.78 is 18.4. The lowest BCUT2D eigenvalue weighted by Gasteiger charge is -2.36. The van der Waals surface area contributed by atoms with Gasteiger partial charge in [0.25, 0.3) is 0 Å². The molecule has 0 fully saturated rings. The molecule has 1 aliphatic rings. The summed E-state index contributed by atoms with van der Waals surface area (Å²) in [4.78, 5) is 2.21. The molecule has 2 heterocycles. The summed E-state index contributed by atoms with van der Waals surface area (Å²) in [5.41, 5.74) is 8.18. The van der Waals surface area contributed by atoms with Crippen LogP contribution in [0.15, 0.2) is 76.3 Å². The monoisotopic (exact) mass is 500 g/mol. The van der Waals surface area contributed by atoms with Gasteiger partial charge in [-0.25, -0.2) is 0 Å². The molecule has 5 heteroatoms. The van der Waals surface area contributed by atoms with Crippen molar-refractivity contribution in [2.24, 2.45) is 0 Å². The van der Waals surface area contributed by atoms with E-state index in [1.54, 1.807) is 0 Å². The van der Waals surface area contributed by atoms with E-state index in [-0.39, 0.29) is 6.04 Å². The highest BCUT2D eigenvalue weighted by atomic mass is 16.5. The third-order valence-corrected chi connectivity index (χ3v) is 6.94. The molecule has 0 aliphatic carbocycles.